The van der Waals surface area contributed by atoms with E-state index in [0.29, 0.717) is 5.82 Å². The van der Waals surface area contributed by atoms with Crippen molar-refractivity contribution in [2.24, 2.45) is 0 Å². The Labute approximate surface area is 158 Å². The molecule has 0 aliphatic carbocycles. The number of anilines is 1. The van der Waals surface area contributed by atoms with Crippen LogP contribution in [0.3, 0.4) is 0 Å². The van der Waals surface area contributed by atoms with Crippen LogP contribution in [0.1, 0.15) is 36.1 Å². The molecule has 0 radical (unpaired) electrons. The van der Waals surface area contributed by atoms with Gasteiger partial charge in [-0.15, -0.1) is 0 Å². The number of carbonyl (C=O) groups excluding carboxylic acids is 1. The number of hydrogen-bond acceptors (Lipinski definition) is 4. The van der Waals surface area contributed by atoms with E-state index in [1.807, 2.05) is 0 Å². The van der Waals surface area contributed by atoms with Gasteiger partial charge in [0, 0.05) is 12.1 Å². The summed E-state index contributed by atoms with van der Waals surface area (Å²) >= 11 is 0. The molecule has 7 nitrogen and oxygen atoms in total. The summed E-state index contributed by atoms with van der Waals surface area (Å²) in [5.74, 6) is -2.71. The van der Waals surface area contributed by atoms with Gasteiger partial charge in [-0.25, -0.2) is 13.6 Å². The van der Waals surface area contributed by atoms with E-state index in [9.17, 15) is 23.5 Å². The van der Waals surface area contributed by atoms with Gasteiger partial charge >= 0.3 is 5.69 Å². The van der Waals surface area contributed by atoms with E-state index in [1.165, 1.54) is 22.8 Å². The summed E-state index contributed by atoms with van der Waals surface area (Å²) in [7, 11) is 0. The van der Waals surface area contributed by atoms with Crippen LogP contribution in [0.25, 0.3) is 5.69 Å². The van der Waals surface area contributed by atoms with E-state index in [0.717, 1.165) is 22.9 Å². The summed E-state index contributed by atoms with van der Waals surface area (Å²) in [6.07, 6.45) is 0. The lowest BCUT2D eigenvalue weighted by Gasteiger charge is -2.10. The van der Waals surface area contributed by atoms with E-state index in [1.54, 1.807) is 20.8 Å². The highest BCUT2D eigenvalue weighted by Crippen LogP contribution is 2.25. The van der Waals surface area contributed by atoms with Crippen LogP contribution < -0.4 is 11.0 Å². The summed E-state index contributed by atoms with van der Waals surface area (Å²) < 4.78 is 30.5. The molecule has 0 saturated carbocycles. The van der Waals surface area contributed by atoms with Gasteiger partial charge in [-0.1, -0.05) is 12.1 Å². The average Bonchev–Trinajstić information content (AvgIpc) is 2.92. The van der Waals surface area contributed by atoms with E-state index in [-0.39, 0.29) is 17.4 Å². The maximum atomic E-state index is 14.6. The molecule has 146 valence electrons. The zero-order chi connectivity index (χ0) is 20.6. The first-order valence-electron chi connectivity index (χ1n) is 8.47. The number of phenols is 1. The Bertz CT molecular complexity index is 1120. The minimum atomic E-state index is -0.938. The molecule has 1 aromatic heterocycles. The maximum Gasteiger partial charge on any atom is 0.351 e. The minimum Gasteiger partial charge on any atom is -0.507 e. The Hall–Kier alpha value is -3.49. The quantitative estimate of drug-likeness (QED) is 0.719. The molecule has 3 aromatic rings. The Kier molecular flexibility index (Phi) is 5.00. The van der Waals surface area contributed by atoms with Gasteiger partial charge in [0.05, 0.1) is 11.3 Å². The van der Waals surface area contributed by atoms with Gasteiger partial charge in [-0.2, -0.15) is 9.78 Å². The van der Waals surface area contributed by atoms with Crippen molar-refractivity contribution in [3.63, 3.8) is 0 Å². The number of benzene rings is 2. The van der Waals surface area contributed by atoms with Crippen LogP contribution in [0.15, 0.2) is 41.2 Å². The second kappa shape index (κ2) is 7.26. The highest BCUT2D eigenvalue weighted by molar-refractivity contribution is 6.06. The molecule has 2 N–H and O–H groups in total. The van der Waals surface area contributed by atoms with Crippen molar-refractivity contribution in [2.75, 3.05) is 5.32 Å². The lowest BCUT2D eigenvalue weighted by molar-refractivity contribution is 0.102. The lowest BCUT2D eigenvalue weighted by Crippen LogP contribution is -2.26. The van der Waals surface area contributed by atoms with Crippen LogP contribution in [0.4, 0.5) is 14.5 Å². The monoisotopic (exact) mass is 388 g/mol. The summed E-state index contributed by atoms with van der Waals surface area (Å²) in [5.41, 5.74) is -1.39. The highest BCUT2D eigenvalue weighted by atomic mass is 19.1. The smallest absolute Gasteiger partial charge is 0.351 e. The van der Waals surface area contributed by atoms with E-state index in [2.05, 4.69) is 10.4 Å². The molecule has 0 saturated heterocycles. The van der Waals surface area contributed by atoms with Crippen LogP contribution in [-0.2, 0) is 0 Å². The average molecular weight is 388 g/mol. The Morgan fingerprint density at radius 3 is 2.46 bits per heavy atom. The minimum absolute atomic E-state index is 0.112. The van der Waals surface area contributed by atoms with Crippen LogP contribution in [0, 0.1) is 18.6 Å². The van der Waals surface area contributed by atoms with Gasteiger partial charge in [0.15, 0.2) is 0 Å². The summed E-state index contributed by atoms with van der Waals surface area (Å²) in [5, 5.41) is 16.5. The van der Waals surface area contributed by atoms with E-state index in [4.69, 9.17) is 0 Å². The molecule has 1 heterocycles. The van der Waals surface area contributed by atoms with Crippen LogP contribution >= 0.6 is 0 Å². The van der Waals surface area contributed by atoms with E-state index >= 15 is 0 Å². The molecule has 0 bridgehead atoms. The van der Waals surface area contributed by atoms with Crippen molar-refractivity contribution in [1.29, 1.82) is 0 Å². The summed E-state index contributed by atoms with van der Waals surface area (Å²) in [6, 6.07) is 6.97. The molecule has 0 atom stereocenters. The third-order valence-corrected chi connectivity index (χ3v) is 4.16. The fourth-order valence-corrected chi connectivity index (χ4v) is 2.87. The van der Waals surface area contributed by atoms with E-state index < -0.39 is 34.5 Å². The first-order chi connectivity index (χ1) is 13.2. The van der Waals surface area contributed by atoms with Crippen LogP contribution in [-0.4, -0.2) is 25.4 Å². The largest absolute Gasteiger partial charge is 0.507 e. The van der Waals surface area contributed by atoms with Crippen molar-refractivity contribution >= 4 is 11.6 Å². The molecular formula is C19H18F2N4O3. The standard InChI is InChI=1S/C19H18F2N4O3/c1-10(2)24-11(3)23-25(19(24)28)16-9-17(26)12(8-14(16)21)18(27)22-15-7-5-4-6-13(15)20/h4-10,26H,1-3H3,(H,22,27). The number of aromatic nitrogens is 3. The molecular weight excluding hydrogens is 370 g/mol. The van der Waals surface area contributed by atoms with Crippen molar-refractivity contribution in [1.82, 2.24) is 14.3 Å². The van der Waals surface area contributed by atoms with Crippen LogP contribution in [0.5, 0.6) is 5.75 Å². The first-order valence-corrected chi connectivity index (χ1v) is 8.47. The molecule has 9 heteroatoms. The summed E-state index contributed by atoms with van der Waals surface area (Å²) in [4.78, 5) is 24.8. The topological polar surface area (TPSA) is 89.2 Å². The lowest BCUT2D eigenvalue weighted by atomic mass is 10.1. The predicted octanol–water partition coefficient (Wildman–Crippen LogP) is 3.16. The molecule has 0 spiro atoms. The number of halogens is 2. The third-order valence-electron chi connectivity index (χ3n) is 4.16. The van der Waals surface area contributed by atoms with Crippen molar-refractivity contribution in [2.45, 2.75) is 26.8 Å². The number of rotatable bonds is 4. The number of carbonyl (C=O) groups is 1. The molecule has 0 aliphatic heterocycles. The molecule has 0 unspecified atom stereocenters. The molecule has 28 heavy (non-hydrogen) atoms. The first kappa shape index (κ1) is 19.3. The van der Waals surface area contributed by atoms with Gasteiger partial charge in [0.2, 0.25) is 0 Å². The van der Waals surface area contributed by atoms with Gasteiger partial charge in [0.25, 0.3) is 5.91 Å². The molecule has 1 amide bonds. The number of amides is 1. The maximum absolute atomic E-state index is 14.6. The molecule has 2 aromatic carbocycles. The normalized spacial score (nSPS) is 11.1. The summed E-state index contributed by atoms with van der Waals surface area (Å²) in [6.45, 7) is 5.17. The fraction of sp³-hybridized carbons (Fsp3) is 0.211. The Morgan fingerprint density at radius 1 is 1.18 bits per heavy atom. The van der Waals surface area contributed by atoms with Crippen molar-refractivity contribution in [3.05, 3.63) is 69.9 Å². The predicted molar refractivity (Wildman–Crippen MR) is 98.9 cm³/mol. The van der Waals surface area contributed by atoms with Crippen molar-refractivity contribution in [3.8, 4) is 11.4 Å². The second-order valence-electron chi connectivity index (χ2n) is 6.46. The van der Waals surface area contributed by atoms with Gasteiger partial charge < -0.3 is 10.4 Å². The number of nitrogens with one attached hydrogen (secondary N) is 1. The molecule has 0 fully saturated rings. The second-order valence-corrected chi connectivity index (χ2v) is 6.46. The van der Waals surface area contributed by atoms with Gasteiger partial charge in [-0.05, 0) is 39.0 Å². The number of hydrogen-bond donors (Lipinski definition) is 2. The number of nitrogens with zero attached hydrogens (tertiary/aromatic N) is 3. The van der Waals surface area contributed by atoms with Crippen LogP contribution in [0.2, 0.25) is 0 Å². The molecule has 3 rings (SSSR count). The van der Waals surface area contributed by atoms with Gasteiger partial charge in [-0.3, -0.25) is 9.36 Å². The number of phenolic OH excluding ortho intramolecular Hbond substituents is 1. The zero-order valence-corrected chi connectivity index (χ0v) is 15.4. The SMILES string of the molecule is Cc1nn(-c2cc(O)c(C(=O)Nc3ccccc3F)cc2F)c(=O)n1C(C)C. The number of para-hydroxylation sites is 1. The number of aryl methyl sites for hydroxylation is 1. The zero-order valence-electron chi connectivity index (χ0n) is 15.4. The highest BCUT2D eigenvalue weighted by Gasteiger charge is 2.21. The number of aromatic hydroxyl groups is 1. The van der Waals surface area contributed by atoms with Crippen molar-refractivity contribution < 1.29 is 18.7 Å². The molecule has 0 aliphatic rings. The Balaban J connectivity index is 2.00. The third kappa shape index (κ3) is 3.38. The Morgan fingerprint density at radius 2 is 1.86 bits per heavy atom. The van der Waals surface area contributed by atoms with Gasteiger partial charge in [0.1, 0.15) is 28.9 Å². The fourth-order valence-electron chi connectivity index (χ4n) is 2.87.